The fraction of sp³-hybridized carbons (Fsp3) is 0.176. The van der Waals surface area contributed by atoms with Gasteiger partial charge in [0, 0.05) is 13.1 Å². The number of hydrogen-bond acceptors (Lipinski definition) is 5. The summed E-state index contributed by atoms with van der Waals surface area (Å²) in [5.41, 5.74) is -0.440. The van der Waals surface area contributed by atoms with Gasteiger partial charge in [0.1, 0.15) is 5.75 Å². The maximum atomic E-state index is 12.3. The predicted molar refractivity (Wildman–Crippen MR) is 97.0 cm³/mol. The van der Waals surface area contributed by atoms with Gasteiger partial charge >= 0.3 is 11.1 Å². The van der Waals surface area contributed by atoms with Crippen LogP contribution in [0.2, 0.25) is 0 Å². The number of sulfonamides is 1. The zero-order valence-electron chi connectivity index (χ0n) is 13.9. The Hall–Kier alpha value is -2.91. The summed E-state index contributed by atoms with van der Waals surface area (Å²) in [6.07, 6.45) is 0. The first kappa shape index (κ1) is 17.9. The van der Waals surface area contributed by atoms with Crippen LogP contribution in [-0.2, 0) is 16.6 Å². The van der Waals surface area contributed by atoms with Crippen molar-refractivity contribution in [3.05, 3.63) is 69.2 Å². The fourth-order valence-corrected chi connectivity index (χ4v) is 3.60. The van der Waals surface area contributed by atoms with Crippen LogP contribution >= 0.6 is 0 Å². The predicted octanol–water partition coefficient (Wildman–Crippen LogP) is 0.677. The molecule has 0 radical (unpaired) electrons. The zero-order chi connectivity index (χ0) is 18.7. The lowest BCUT2D eigenvalue weighted by atomic mass is 10.3. The Morgan fingerprint density at radius 1 is 1.08 bits per heavy atom. The number of para-hydroxylation sites is 2. The van der Waals surface area contributed by atoms with Crippen LogP contribution in [0, 0.1) is 0 Å². The number of benzene rings is 2. The topological polar surface area (TPSA) is 110 Å². The summed E-state index contributed by atoms with van der Waals surface area (Å²) in [4.78, 5) is 26.5. The third kappa shape index (κ3) is 3.53. The van der Waals surface area contributed by atoms with E-state index >= 15 is 0 Å². The molecule has 0 amide bonds. The van der Waals surface area contributed by atoms with Crippen molar-refractivity contribution in [1.29, 1.82) is 0 Å². The highest BCUT2D eigenvalue weighted by Gasteiger charge is 2.14. The van der Waals surface area contributed by atoms with E-state index in [4.69, 9.17) is 4.74 Å². The van der Waals surface area contributed by atoms with E-state index in [-0.39, 0.29) is 18.0 Å². The highest BCUT2D eigenvalue weighted by Crippen LogP contribution is 2.15. The first-order valence-corrected chi connectivity index (χ1v) is 9.26. The molecule has 0 spiro atoms. The van der Waals surface area contributed by atoms with Gasteiger partial charge < -0.3 is 14.3 Å². The van der Waals surface area contributed by atoms with Crippen molar-refractivity contribution in [3.8, 4) is 5.75 Å². The SMILES string of the molecule is COc1ccc(S(=O)(=O)NCCn2c(=O)c(=O)[nH]c3ccccc32)cc1. The van der Waals surface area contributed by atoms with E-state index in [2.05, 4.69) is 9.71 Å². The minimum Gasteiger partial charge on any atom is -0.497 e. The van der Waals surface area contributed by atoms with Crippen LogP contribution in [0.15, 0.2) is 63.0 Å². The molecule has 0 aliphatic heterocycles. The van der Waals surface area contributed by atoms with Gasteiger partial charge in [-0.3, -0.25) is 9.59 Å². The van der Waals surface area contributed by atoms with E-state index in [1.54, 1.807) is 36.4 Å². The van der Waals surface area contributed by atoms with E-state index < -0.39 is 21.1 Å². The zero-order valence-corrected chi connectivity index (χ0v) is 14.7. The lowest BCUT2D eigenvalue weighted by molar-refractivity contribution is 0.414. The lowest BCUT2D eigenvalue weighted by Crippen LogP contribution is -2.39. The summed E-state index contributed by atoms with van der Waals surface area (Å²) < 4.78 is 33.3. The molecular formula is C17H17N3O5S. The van der Waals surface area contributed by atoms with Crippen molar-refractivity contribution in [1.82, 2.24) is 14.3 Å². The van der Waals surface area contributed by atoms with Gasteiger partial charge in [-0.1, -0.05) is 12.1 Å². The Kier molecular flexibility index (Phi) is 4.92. The molecule has 8 nitrogen and oxygen atoms in total. The number of nitrogens with zero attached hydrogens (tertiary/aromatic N) is 1. The molecule has 2 aromatic carbocycles. The summed E-state index contributed by atoms with van der Waals surface area (Å²) in [7, 11) is -2.25. The van der Waals surface area contributed by atoms with E-state index in [9.17, 15) is 18.0 Å². The average molecular weight is 375 g/mol. The van der Waals surface area contributed by atoms with Gasteiger partial charge in [0.25, 0.3) is 0 Å². The van der Waals surface area contributed by atoms with Gasteiger partial charge in [-0.15, -0.1) is 0 Å². The first-order chi connectivity index (χ1) is 12.4. The van der Waals surface area contributed by atoms with E-state index in [0.717, 1.165) is 0 Å². The summed E-state index contributed by atoms with van der Waals surface area (Å²) in [5.74, 6) is 0.547. The molecule has 3 aromatic rings. The average Bonchev–Trinajstić information content (AvgIpc) is 2.65. The van der Waals surface area contributed by atoms with E-state index in [1.165, 1.54) is 23.8 Å². The Balaban J connectivity index is 1.81. The van der Waals surface area contributed by atoms with Gasteiger partial charge in [-0.2, -0.15) is 0 Å². The van der Waals surface area contributed by atoms with Crippen LogP contribution < -0.4 is 20.6 Å². The molecular weight excluding hydrogens is 358 g/mol. The quantitative estimate of drug-likeness (QED) is 0.616. The minimum absolute atomic E-state index is 0.0264. The van der Waals surface area contributed by atoms with Crippen molar-refractivity contribution < 1.29 is 13.2 Å². The maximum Gasteiger partial charge on any atom is 0.316 e. The smallest absolute Gasteiger partial charge is 0.316 e. The first-order valence-electron chi connectivity index (χ1n) is 7.78. The molecule has 0 atom stereocenters. The third-order valence-corrected chi connectivity index (χ3v) is 5.36. The largest absolute Gasteiger partial charge is 0.497 e. The maximum absolute atomic E-state index is 12.3. The Morgan fingerprint density at radius 3 is 2.46 bits per heavy atom. The van der Waals surface area contributed by atoms with Gasteiger partial charge in [0.15, 0.2) is 0 Å². The van der Waals surface area contributed by atoms with Crippen molar-refractivity contribution in [2.45, 2.75) is 11.4 Å². The molecule has 0 saturated heterocycles. The normalized spacial score (nSPS) is 11.6. The number of rotatable bonds is 6. The lowest BCUT2D eigenvalue weighted by Gasteiger charge is -2.11. The third-order valence-electron chi connectivity index (χ3n) is 3.88. The molecule has 1 heterocycles. The molecule has 3 rings (SSSR count). The van der Waals surface area contributed by atoms with Crippen LogP contribution in [-0.4, -0.2) is 31.6 Å². The highest BCUT2D eigenvalue weighted by atomic mass is 32.2. The van der Waals surface area contributed by atoms with Crippen LogP contribution in [0.4, 0.5) is 0 Å². The van der Waals surface area contributed by atoms with Crippen molar-refractivity contribution in [3.63, 3.8) is 0 Å². The summed E-state index contributed by atoms with van der Waals surface area (Å²) in [5, 5.41) is 0. The second-order valence-corrected chi connectivity index (χ2v) is 7.27. The fourth-order valence-electron chi connectivity index (χ4n) is 2.57. The molecule has 0 aliphatic rings. The van der Waals surface area contributed by atoms with Crippen LogP contribution in [0.3, 0.4) is 0 Å². The second-order valence-electron chi connectivity index (χ2n) is 5.50. The number of H-pyrrole nitrogens is 1. The van der Waals surface area contributed by atoms with Crippen LogP contribution in [0.1, 0.15) is 0 Å². The Labute approximate surface area is 149 Å². The van der Waals surface area contributed by atoms with Crippen molar-refractivity contribution >= 4 is 21.1 Å². The molecule has 0 bridgehead atoms. The number of aromatic nitrogens is 2. The summed E-state index contributed by atoms with van der Waals surface area (Å²) >= 11 is 0. The number of nitrogens with one attached hydrogen (secondary N) is 2. The summed E-state index contributed by atoms with van der Waals surface area (Å²) in [6.45, 7) is -0.0135. The number of fused-ring (bicyclic) bond motifs is 1. The number of hydrogen-bond donors (Lipinski definition) is 2. The molecule has 0 fully saturated rings. The molecule has 26 heavy (non-hydrogen) atoms. The minimum atomic E-state index is -3.74. The molecule has 1 aromatic heterocycles. The van der Waals surface area contributed by atoms with Crippen molar-refractivity contribution in [2.75, 3.05) is 13.7 Å². The number of methoxy groups -OCH3 is 1. The number of aromatic amines is 1. The van der Waals surface area contributed by atoms with Gasteiger partial charge in [-0.05, 0) is 36.4 Å². The van der Waals surface area contributed by atoms with E-state index in [0.29, 0.717) is 16.8 Å². The van der Waals surface area contributed by atoms with Crippen LogP contribution in [0.5, 0.6) is 5.75 Å². The molecule has 136 valence electrons. The molecule has 9 heteroatoms. The standard InChI is InChI=1S/C17H17N3O5S/c1-25-12-6-8-13(9-7-12)26(23,24)18-10-11-20-15-5-3-2-4-14(15)19-16(21)17(20)22/h2-9,18H,10-11H2,1H3,(H,19,21). The Morgan fingerprint density at radius 2 is 1.77 bits per heavy atom. The molecule has 0 saturated carbocycles. The van der Waals surface area contributed by atoms with Gasteiger partial charge in [0.2, 0.25) is 10.0 Å². The molecule has 0 aliphatic carbocycles. The molecule has 2 N–H and O–H groups in total. The van der Waals surface area contributed by atoms with Gasteiger partial charge in [0.05, 0.1) is 23.0 Å². The highest BCUT2D eigenvalue weighted by molar-refractivity contribution is 7.89. The Bertz CT molecular complexity index is 1150. The van der Waals surface area contributed by atoms with Crippen LogP contribution in [0.25, 0.3) is 11.0 Å². The second kappa shape index (κ2) is 7.14. The monoisotopic (exact) mass is 375 g/mol. The van der Waals surface area contributed by atoms with E-state index in [1.807, 2.05) is 0 Å². The summed E-state index contributed by atoms with van der Waals surface area (Å²) in [6, 6.07) is 12.8. The van der Waals surface area contributed by atoms with Gasteiger partial charge in [-0.25, -0.2) is 13.1 Å². The molecule has 0 unspecified atom stereocenters. The number of ether oxygens (including phenoxy) is 1. The van der Waals surface area contributed by atoms with Crippen molar-refractivity contribution in [2.24, 2.45) is 0 Å².